The first kappa shape index (κ1) is 17.5. The molecule has 3 rings (SSSR count). The molecule has 3 N–H and O–H groups in total. The molecule has 0 saturated carbocycles. The Morgan fingerprint density at radius 2 is 1.85 bits per heavy atom. The minimum atomic E-state index is -0.494. The van der Waals surface area contributed by atoms with E-state index in [4.69, 9.17) is 0 Å². The Bertz CT molecular complexity index is 850. The normalized spacial score (nSPS) is 12.8. The molecule has 2 aromatic rings. The van der Waals surface area contributed by atoms with Gasteiger partial charge < -0.3 is 16.0 Å². The standard InChI is InChI=1S/C19H20N4O3/c1-2-13-7-3-4-8-14(13)21-17(24)11-20-19(26)23-12-18(25)22-15-9-5-6-10-16(15)23/h3-10H,2,11-12H2,1H3,(H,20,26)(H,21,24)(H,22,25). The lowest BCUT2D eigenvalue weighted by atomic mass is 10.1. The van der Waals surface area contributed by atoms with Crippen molar-refractivity contribution >= 4 is 34.9 Å². The quantitative estimate of drug-likeness (QED) is 0.789. The number of nitrogens with one attached hydrogen (secondary N) is 3. The van der Waals surface area contributed by atoms with Crippen LogP contribution in [0.5, 0.6) is 0 Å². The van der Waals surface area contributed by atoms with Crippen molar-refractivity contribution in [3.63, 3.8) is 0 Å². The number of carbonyl (C=O) groups is 3. The van der Waals surface area contributed by atoms with E-state index in [1.54, 1.807) is 24.3 Å². The highest BCUT2D eigenvalue weighted by molar-refractivity contribution is 6.10. The zero-order chi connectivity index (χ0) is 18.5. The zero-order valence-corrected chi connectivity index (χ0v) is 14.4. The predicted octanol–water partition coefficient (Wildman–Crippen LogP) is 2.36. The Balaban J connectivity index is 1.62. The molecule has 0 atom stereocenters. The number of aryl methyl sites for hydroxylation is 1. The van der Waals surface area contributed by atoms with Crippen molar-refractivity contribution in [1.29, 1.82) is 0 Å². The molecule has 0 bridgehead atoms. The number of anilines is 3. The first-order valence-electron chi connectivity index (χ1n) is 8.40. The van der Waals surface area contributed by atoms with E-state index in [-0.39, 0.29) is 24.9 Å². The van der Waals surface area contributed by atoms with Crippen molar-refractivity contribution in [3.05, 3.63) is 54.1 Å². The maximum atomic E-state index is 12.4. The van der Waals surface area contributed by atoms with Gasteiger partial charge in [0.1, 0.15) is 6.54 Å². The number of benzene rings is 2. The number of amides is 4. The summed E-state index contributed by atoms with van der Waals surface area (Å²) in [4.78, 5) is 37.7. The van der Waals surface area contributed by atoms with E-state index in [1.165, 1.54) is 4.90 Å². The highest BCUT2D eigenvalue weighted by Gasteiger charge is 2.26. The van der Waals surface area contributed by atoms with Crippen LogP contribution in [0.1, 0.15) is 12.5 Å². The molecule has 0 radical (unpaired) electrons. The lowest BCUT2D eigenvalue weighted by Gasteiger charge is -2.29. The SMILES string of the molecule is CCc1ccccc1NC(=O)CNC(=O)N1CC(=O)Nc2ccccc21. The van der Waals surface area contributed by atoms with Gasteiger partial charge in [-0.3, -0.25) is 14.5 Å². The van der Waals surface area contributed by atoms with Gasteiger partial charge in [0.2, 0.25) is 11.8 Å². The molecule has 0 aliphatic carbocycles. The molecule has 26 heavy (non-hydrogen) atoms. The van der Waals surface area contributed by atoms with Crippen LogP contribution in [-0.2, 0) is 16.0 Å². The van der Waals surface area contributed by atoms with Gasteiger partial charge in [-0.2, -0.15) is 0 Å². The summed E-state index contributed by atoms with van der Waals surface area (Å²) in [7, 11) is 0. The molecule has 7 heteroatoms. The molecule has 0 aromatic heterocycles. The van der Waals surface area contributed by atoms with Gasteiger partial charge in [-0.05, 0) is 30.2 Å². The fourth-order valence-corrected chi connectivity index (χ4v) is 2.81. The molecule has 0 fully saturated rings. The number of hydrogen-bond donors (Lipinski definition) is 3. The fraction of sp³-hybridized carbons (Fsp3) is 0.211. The highest BCUT2D eigenvalue weighted by Crippen LogP contribution is 2.28. The molecule has 4 amide bonds. The maximum Gasteiger partial charge on any atom is 0.322 e. The largest absolute Gasteiger partial charge is 0.329 e. The average molecular weight is 352 g/mol. The van der Waals surface area contributed by atoms with Gasteiger partial charge in [0, 0.05) is 5.69 Å². The summed E-state index contributed by atoms with van der Waals surface area (Å²) >= 11 is 0. The van der Waals surface area contributed by atoms with Gasteiger partial charge in [-0.1, -0.05) is 37.3 Å². The number of rotatable bonds is 4. The van der Waals surface area contributed by atoms with Crippen molar-refractivity contribution in [1.82, 2.24) is 5.32 Å². The molecule has 7 nitrogen and oxygen atoms in total. The highest BCUT2D eigenvalue weighted by atomic mass is 16.2. The zero-order valence-electron chi connectivity index (χ0n) is 14.4. The Labute approximate surface area is 151 Å². The van der Waals surface area contributed by atoms with Crippen molar-refractivity contribution in [2.24, 2.45) is 0 Å². The third-order valence-electron chi connectivity index (χ3n) is 4.09. The van der Waals surface area contributed by atoms with Crippen molar-refractivity contribution < 1.29 is 14.4 Å². The second-order valence-corrected chi connectivity index (χ2v) is 5.87. The predicted molar refractivity (Wildman–Crippen MR) is 100 cm³/mol. The lowest BCUT2D eigenvalue weighted by Crippen LogP contribution is -2.48. The number of hydrogen-bond acceptors (Lipinski definition) is 3. The van der Waals surface area contributed by atoms with E-state index in [1.807, 2.05) is 31.2 Å². The molecule has 2 aromatic carbocycles. The van der Waals surface area contributed by atoms with Gasteiger partial charge >= 0.3 is 6.03 Å². The van der Waals surface area contributed by atoms with Crippen molar-refractivity contribution in [3.8, 4) is 0 Å². The molecule has 1 heterocycles. The smallest absolute Gasteiger partial charge is 0.322 e. The Hall–Kier alpha value is -3.35. The van der Waals surface area contributed by atoms with E-state index < -0.39 is 6.03 Å². The van der Waals surface area contributed by atoms with E-state index in [9.17, 15) is 14.4 Å². The fourth-order valence-electron chi connectivity index (χ4n) is 2.81. The number of para-hydroxylation sites is 3. The molecule has 1 aliphatic rings. The van der Waals surface area contributed by atoms with Gasteiger partial charge in [0.15, 0.2) is 0 Å². The summed E-state index contributed by atoms with van der Waals surface area (Å²) in [6.45, 7) is 1.73. The summed E-state index contributed by atoms with van der Waals surface area (Å²) in [6.07, 6.45) is 0.794. The van der Waals surface area contributed by atoms with Gasteiger partial charge in [0.25, 0.3) is 0 Å². The topological polar surface area (TPSA) is 90.5 Å². The van der Waals surface area contributed by atoms with Crippen LogP contribution in [0.15, 0.2) is 48.5 Å². The third kappa shape index (κ3) is 3.83. The van der Waals surface area contributed by atoms with Gasteiger partial charge in [0.05, 0.1) is 17.9 Å². The lowest BCUT2D eigenvalue weighted by molar-refractivity contribution is -0.115. The van der Waals surface area contributed by atoms with E-state index in [2.05, 4.69) is 16.0 Å². The monoisotopic (exact) mass is 352 g/mol. The van der Waals surface area contributed by atoms with Crippen molar-refractivity contribution in [2.45, 2.75) is 13.3 Å². The first-order chi connectivity index (χ1) is 12.6. The van der Waals surface area contributed by atoms with E-state index in [0.29, 0.717) is 11.4 Å². The van der Waals surface area contributed by atoms with Gasteiger partial charge in [-0.15, -0.1) is 0 Å². The van der Waals surface area contributed by atoms with Crippen LogP contribution in [0.25, 0.3) is 0 Å². The van der Waals surface area contributed by atoms with Gasteiger partial charge in [-0.25, -0.2) is 4.79 Å². The molecule has 134 valence electrons. The van der Waals surface area contributed by atoms with Crippen LogP contribution in [0.4, 0.5) is 21.9 Å². The number of carbonyl (C=O) groups excluding carboxylic acids is 3. The summed E-state index contributed by atoms with van der Waals surface area (Å²) in [5, 5.41) is 8.08. The Morgan fingerprint density at radius 1 is 1.12 bits per heavy atom. The van der Waals surface area contributed by atoms with Crippen molar-refractivity contribution in [2.75, 3.05) is 28.6 Å². The van der Waals surface area contributed by atoms with Crippen LogP contribution in [0.2, 0.25) is 0 Å². The summed E-state index contributed by atoms with van der Waals surface area (Å²) in [6, 6.07) is 14.1. The molecular formula is C19H20N4O3. The molecule has 1 aliphatic heterocycles. The minimum Gasteiger partial charge on any atom is -0.329 e. The Morgan fingerprint density at radius 3 is 2.65 bits per heavy atom. The summed E-state index contributed by atoms with van der Waals surface area (Å²) < 4.78 is 0. The summed E-state index contributed by atoms with van der Waals surface area (Å²) in [5.74, 6) is -0.603. The van der Waals surface area contributed by atoms with Crippen LogP contribution < -0.4 is 20.9 Å². The minimum absolute atomic E-state index is 0.0941. The molecule has 0 spiro atoms. The molecular weight excluding hydrogens is 332 g/mol. The third-order valence-corrected chi connectivity index (χ3v) is 4.09. The first-order valence-corrected chi connectivity index (χ1v) is 8.40. The second-order valence-electron chi connectivity index (χ2n) is 5.87. The van der Waals surface area contributed by atoms with E-state index >= 15 is 0 Å². The average Bonchev–Trinajstić information content (AvgIpc) is 2.65. The van der Waals surface area contributed by atoms with Crippen LogP contribution in [0, 0.1) is 0 Å². The molecule has 0 saturated heterocycles. The molecule has 0 unspecified atom stereocenters. The number of fused-ring (bicyclic) bond motifs is 1. The Kier molecular flexibility index (Phi) is 5.17. The number of nitrogens with zero attached hydrogens (tertiary/aromatic N) is 1. The number of urea groups is 1. The van der Waals surface area contributed by atoms with E-state index in [0.717, 1.165) is 17.7 Å². The maximum absolute atomic E-state index is 12.4. The second kappa shape index (κ2) is 7.69. The van der Waals surface area contributed by atoms with Crippen LogP contribution in [-0.4, -0.2) is 30.9 Å². The summed E-state index contributed by atoms with van der Waals surface area (Å²) in [5.41, 5.74) is 2.92. The van der Waals surface area contributed by atoms with Crippen LogP contribution >= 0.6 is 0 Å². The van der Waals surface area contributed by atoms with Crippen LogP contribution in [0.3, 0.4) is 0 Å².